The van der Waals surface area contributed by atoms with Gasteiger partial charge in [-0.25, -0.2) is 9.78 Å². The summed E-state index contributed by atoms with van der Waals surface area (Å²) in [6.45, 7) is 2.29. The van der Waals surface area contributed by atoms with E-state index in [0.717, 1.165) is 29.8 Å². The highest BCUT2D eigenvalue weighted by molar-refractivity contribution is 5.73. The minimum atomic E-state index is -0.126. The lowest BCUT2D eigenvalue weighted by atomic mass is 10.2. The molecule has 2 heterocycles. The van der Waals surface area contributed by atoms with E-state index < -0.39 is 0 Å². The van der Waals surface area contributed by atoms with E-state index in [9.17, 15) is 4.79 Å². The van der Waals surface area contributed by atoms with Gasteiger partial charge in [-0.3, -0.25) is 0 Å². The normalized spacial score (nSPS) is 15.9. The molecule has 1 aromatic carbocycles. The van der Waals surface area contributed by atoms with E-state index in [-0.39, 0.29) is 12.1 Å². The second-order valence-electron chi connectivity index (χ2n) is 7.18. The molecule has 2 amide bonds. The number of hydrogen-bond acceptors (Lipinski definition) is 5. The van der Waals surface area contributed by atoms with Crippen LogP contribution in [0.4, 0.5) is 10.5 Å². The lowest BCUT2D eigenvalue weighted by Crippen LogP contribution is -2.36. The van der Waals surface area contributed by atoms with Crippen LogP contribution in [0.3, 0.4) is 0 Å². The minimum absolute atomic E-state index is 0.0569. The van der Waals surface area contributed by atoms with Crippen molar-refractivity contribution in [1.82, 2.24) is 15.2 Å². The molecule has 2 aromatic rings. The molecule has 1 aromatic heterocycles. The van der Waals surface area contributed by atoms with E-state index in [4.69, 9.17) is 9.47 Å². The van der Waals surface area contributed by atoms with Crippen molar-refractivity contribution in [1.29, 1.82) is 0 Å². The summed E-state index contributed by atoms with van der Waals surface area (Å²) in [5.41, 5.74) is 3.14. The van der Waals surface area contributed by atoms with Crippen LogP contribution in [-0.4, -0.2) is 56.4 Å². The number of nitrogens with zero attached hydrogens (tertiary/aromatic N) is 3. The quantitative estimate of drug-likeness (QED) is 0.795. The Morgan fingerprint density at radius 2 is 2.11 bits per heavy atom. The van der Waals surface area contributed by atoms with Crippen LogP contribution in [0.25, 0.3) is 0 Å². The summed E-state index contributed by atoms with van der Waals surface area (Å²) in [6.07, 6.45) is 2.63. The second kappa shape index (κ2) is 9.41. The Morgan fingerprint density at radius 1 is 1.25 bits per heavy atom. The molecule has 7 nitrogen and oxygen atoms in total. The number of hydrogen-bond donors (Lipinski definition) is 1. The standard InChI is InChI=1S/C21H28N4O3/c1-24(2)18-6-4-5-17(11-18)14-25(3)21(26)23-13-16-7-9-22-20(12-16)28-19-8-10-27-15-19/h4-7,9,11-12,19H,8,10,13-15H2,1-3H3,(H,23,26). The fraction of sp³-hybridized carbons (Fsp3) is 0.429. The molecule has 1 saturated heterocycles. The van der Waals surface area contributed by atoms with Crippen LogP contribution >= 0.6 is 0 Å². The summed E-state index contributed by atoms with van der Waals surface area (Å²) in [7, 11) is 5.79. The topological polar surface area (TPSA) is 66.9 Å². The van der Waals surface area contributed by atoms with Crippen molar-refractivity contribution >= 4 is 11.7 Å². The smallest absolute Gasteiger partial charge is 0.317 e. The van der Waals surface area contributed by atoms with Gasteiger partial charge in [0.05, 0.1) is 13.2 Å². The molecular formula is C21H28N4O3. The first-order valence-electron chi connectivity index (χ1n) is 9.46. The first kappa shape index (κ1) is 19.9. The fourth-order valence-electron chi connectivity index (χ4n) is 2.99. The first-order valence-corrected chi connectivity index (χ1v) is 9.46. The summed E-state index contributed by atoms with van der Waals surface area (Å²) in [6, 6.07) is 11.8. The zero-order valence-corrected chi connectivity index (χ0v) is 16.7. The van der Waals surface area contributed by atoms with Crippen LogP contribution in [0.1, 0.15) is 17.5 Å². The van der Waals surface area contributed by atoms with Gasteiger partial charge in [0.2, 0.25) is 5.88 Å². The summed E-state index contributed by atoms with van der Waals surface area (Å²) in [5.74, 6) is 0.566. The second-order valence-corrected chi connectivity index (χ2v) is 7.18. The number of pyridine rings is 1. The van der Waals surface area contributed by atoms with Gasteiger partial charge >= 0.3 is 6.03 Å². The first-order chi connectivity index (χ1) is 13.5. The van der Waals surface area contributed by atoms with Crippen LogP contribution in [0, 0.1) is 0 Å². The summed E-state index contributed by atoms with van der Waals surface area (Å²) < 4.78 is 11.1. The van der Waals surface area contributed by atoms with E-state index in [2.05, 4.69) is 16.4 Å². The molecule has 1 atom stereocenters. The van der Waals surface area contributed by atoms with Crippen molar-refractivity contribution in [2.45, 2.75) is 25.6 Å². The Balaban J connectivity index is 1.51. The number of benzene rings is 1. The minimum Gasteiger partial charge on any atom is -0.472 e. The van der Waals surface area contributed by atoms with Gasteiger partial charge < -0.3 is 24.6 Å². The predicted octanol–water partition coefficient (Wildman–Crippen LogP) is 2.66. The van der Waals surface area contributed by atoms with Gasteiger partial charge in [-0.15, -0.1) is 0 Å². The molecule has 0 saturated carbocycles. The average Bonchev–Trinajstić information content (AvgIpc) is 3.19. The van der Waals surface area contributed by atoms with Gasteiger partial charge in [0.1, 0.15) is 6.10 Å². The number of carbonyl (C=O) groups is 1. The molecule has 3 rings (SSSR count). The van der Waals surface area contributed by atoms with E-state index >= 15 is 0 Å². The molecule has 1 aliphatic rings. The van der Waals surface area contributed by atoms with Gasteiger partial charge in [0.25, 0.3) is 0 Å². The number of ether oxygens (including phenoxy) is 2. The van der Waals surface area contributed by atoms with Crippen LogP contribution in [-0.2, 0) is 17.8 Å². The number of urea groups is 1. The highest BCUT2D eigenvalue weighted by Crippen LogP contribution is 2.16. The highest BCUT2D eigenvalue weighted by atomic mass is 16.5. The molecule has 1 aliphatic heterocycles. The van der Waals surface area contributed by atoms with Crippen molar-refractivity contribution in [2.24, 2.45) is 0 Å². The zero-order chi connectivity index (χ0) is 19.9. The monoisotopic (exact) mass is 384 g/mol. The molecule has 0 radical (unpaired) electrons. The molecule has 1 fully saturated rings. The number of aromatic nitrogens is 1. The number of anilines is 1. The third-order valence-corrected chi connectivity index (χ3v) is 4.61. The Labute approximate surface area is 166 Å². The van der Waals surface area contributed by atoms with Crippen LogP contribution in [0.2, 0.25) is 0 Å². The van der Waals surface area contributed by atoms with Crippen LogP contribution < -0.4 is 15.0 Å². The fourth-order valence-corrected chi connectivity index (χ4v) is 2.99. The molecule has 150 valence electrons. The molecular weight excluding hydrogens is 356 g/mol. The van der Waals surface area contributed by atoms with Gasteiger partial charge in [-0.05, 0) is 29.3 Å². The number of rotatable bonds is 7. The number of amides is 2. The van der Waals surface area contributed by atoms with E-state index in [1.165, 1.54) is 0 Å². The molecule has 1 unspecified atom stereocenters. The third kappa shape index (κ3) is 5.60. The van der Waals surface area contributed by atoms with Crippen molar-refractivity contribution in [3.8, 4) is 5.88 Å². The maximum absolute atomic E-state index is 12.4. The van der Waals surface area contributed by atoms with Crippen LogP contribution in [0.5, 0.6) is 5.88 Å². The third-order valence-electron chi connectivity index (χ3n) is 4.61. The maximum atomic E-state index is 12.4. The van der Waals surface area contributed by atoms with E-state index in [1.807, 2.05) is 49.3 Å². The van der Waals surface area contributed by atoms with Gasteiger partial charge in [-0.2, -0.15) is 0 Å². The molecule has 0 aliphatic carbocycles. The Morgan fingerprint density at radius 3 is 2.86 bits per heavy atom. The maximum Gasteiger partial charge on any atom is 0.317 e. The van der Waals surface area contributed by atoms with Gasteiger partial charge in [-0.1, -0.05) is 12.1 Å². The SMILES string of the molecule is CN(Cc1cccc(N(C)C)c1)C(=O)NCc1ccnc(OC2CCOC2)c1. The Hall–Kier alpha value is -2.80. The number of carbonyl (C=O) groups excluding carboxylic acids is 1. The Kier molecular flexibility index (Phi) is 6.71. The largest absolute Gasteiger partial charge is 0.472 e. The van der Waals surface area contributed by atoms with Crippen molar-refractivity contribution in [3.05, 3.63) is 53.7 Å². The zero-order valence-electron chi connectivity index (χ0n) is 16.7. The highest BCUT2D eigenvalue weighted by Gasteiger charge is 2.18. The lowest BCUT2D eigenvalue weighted by Gasteiger charge is -2.20. The predicted molar refractivity (Wildman–Crippen MR) is 109 cm³/mol. The van der Waals surface area contributed by atoms with E-state index in [0.29, 0.717) is 25.6 Å². The Bertz CT molecular complexity index is 791. The van der Waals surface area contributed by atoms with Crippen molar-refractivity contribution in [2.75, 3.05) is 39.3 Å². The molecule has 7 heteroatoms. The molecule has 28 heavy (non-hydrogen) atoms. The van der Waals surface area contributed by atoms with Gasteiger partial charge in [0.15, 0.2) is 0 Å². The lowest BCUT2D eigenvalue weighted by molar-refractivity contribution is 0.138. The van der Waals surface area contributed by atoms with E-state index in [1.54, 1.807) is 18.1 Å². The van der Waals surface area contributed by atoms with Gasteiger partial charge in [0, 0.05) is 58.6 Å². The molecule has 1 N–H and O–H groups in total. The van der Waals surface area contributed by atoms with Crippen LogP contribution in [0.15, 0.2) is 42.6 Å². The summed E-state index contributed by atoms with van der Waals surface area (Å²) >= 11 is 0. The molecule has 0 spiro atoms. The number of nitrogens with one attached hydrogen (secondary N) is 1. The van der Waals surface area contributed by atoms with Crippen molar-refractivity contribution < 1.29 is 14.3 Å². The summed E-state index contributed by atoms with van der Waals surface area (Å²) in [5, 5.41) is 2.95. The van der Waals surface area contributed by atoms with Crippen molar-refractivity contribution in [3.63, 3.8) is 0 Å². The summed E-state index contributed by atoms with van der Waals surface area (Å²) in [4.78, 5) is 20.4. The average molecular weight is 384 g/mol. The molecule has 0 bridgehead atoms.